The largest absolute Gasteiger partial charge is 0.342 e. The Morgan fingerprint density at radius 1 is 1.31 bits per heavy atom. The Kier molecular flexibility index (Phi) is 5.48. The number of carbonyl (C=O) groups is 1. The number of hydrogen-bond donors (Lipinski definition) is 1. The Morgan fingerprint density at radius 3 is 2.62 bits per heavy atom. The number of benzene rings is 1. The molecule has 0 saturated heterocycles. The second kappa shape index (κ2) is 7.79. The zero-order valence-corrected chi connectivity index (χ0v) is 15.6. The number of nitrogens with zero attached hydrogens (tertiary/aromatic N) is 2. The van der Waals surface area contributed by atoms with Crippen LogP contribution in [0.1, 0.15) is 36.9 Å². The highest BCUT2D eigenvalue weighted by molar-refractivity contribution is 9.10. The van der Waals surface area contributed by atoms with E-state index in [-0.39, 0.29) is 11.3 Å². The fourth-order valence-electron chi connectivity index (χ4n) is 3.32. The average Bonchev–Trinajstić information content (AvgIpc) is 3.11. The third kappa shape index (κ3) is 3.83. The Hall–Kier alpha value is -2.52. The van der Waals surface area contributed by atoms with Crippen LogP contribution < -0.4 is 5.32 Å². The summed E-state index contributed by atoms with van der Waals surface area (Å²) in [6, 6.07) is 12.9. The van der Waals surface area contributed by atoms with Gasteiger partial charge >= 0.3 is 0 Å². The maximum Gasteiger partial charge on any atom is 0.262 e. The quantitative estimate of drug-likeness (QED) is 0.593. The molecule has 1 aliphatic carbocycles. The molecule has 2 aromatic rings. The minimum atomic E-state index is -0.599. The van der Waals surface area contributed by atoms with Crippen molar-refractivity contribution in [3.63, 3.8) is 0 Å². The molecule has 0 unspecified atom stereocenters. The van der Waals surface area contributed by atoms with Gasteiger partial charge in [-0.15, -0.1) is 0 Å². The van der Waals surface area contributed by atoms with Crippen molar-refractivity contribution in [3.05, 3.63) is 69.7 Å². The van der Waals surface area contributed by atoms with Crippen LogP contribution in [0.5, 0.6) is 0 Å². The highest BCUT2D eigenvalue weighted by atomic mass is 79.9. The molecule has 3 rings (SSSR count). The van der Waals surface area contributed by atoms with Crippen molar-refractivity contribution in [1.29, 1.82) is 5.26 Å². The minimum Gasteiger partial charge on any atom is -0.342 e. The summed E-state index contributed by atoms with van der Waals surface area (Å²) in [7, 11) is 0. The molecule has 0 radical (unpaired) electrons. The second-order valence-corrected chi connectivity index (χ2v) is 7.22. The van der Waals surface area contributed by atoms with Crippen molar-refractivity contribution >= 4 is 27.9 Å². The van der Waals surface area contributed by atoms with E-state index in [1.165, 1.54) is 18.3 Å². The number of carbonyl (C=O) groups excluding carboxylic acids is 1. The predicted molar refractivity (Wildman–Crippen MR) is 100 cm³/mol. The van der Waals surface area contributed by atoms with Crippen LogP contribution in [0, 0.1) is 17.1 Å². The number of nitriles is 1. The van der Waals surface area contributed by atoms with E-state index in [9.17, 15) is 14.4 Å². The van der Waals surface area contributed by atoms with Gasteiger partial charge in [-0.3, -0.25) is 9.78 Å². The number of amides is 1. The van der Waals surface area contributed by atoms with Gasteiger partial charge in [0.1, 0.15) is 23.2 Å². The fraction of sp³-hybridized carbons (Fsp3) is 0.250. The zero-order chi connectivity index (χ0) is 18.6. The Bertz CT molecular complexity index is 884. The van der Waals surface area contributed by atoms with Gasteiger partial charge in [0.05, 0.1) is 5.54 Å². The van der Waals surface area contributed by atoms with Crippen molar-refractivity contribution in [3.8, 4) is 6.07 Å². The maximum atomic E-state index is 14.0. The topological polar surface area (TPSA) is 65.8 Å². The molecule has 1 aromatic carbocycles. The molecular weight excluding hydrogens is 397 g/mol. The zero-order valence-electron chi connectivity index (χ0n) is 14.0. The van der Waals surface area contributed by atoms with Gasteiger partial charge in [0.15, 0.2) is 0 Å². The third-order valence-electron chi connectivity index (χ3n) is 4.62. The number of aromatic nitrogens is 1. The first-order valence-electron chi connectivity index (χ1n) is 8.35. The summed E-state index contributed by atoms with van der Waals surface area (Å²) in [6.45, 7) is 0. The fourth-order valence-corrected chi connectivity index (χ4v) is 3.63. The summed E-state index contributed by atoms with van der Waals surface area (Å²) in [4.78, 5) is 16.7. The van der Waals surface area contributed by atoms with Gasteiger partial charge in [0.2, 0.25) is 0 Å². The second-order valence-electron chi connectivity index (χ2n) is 6.30. The normalized spacial score (nSPS) is 16.1. The van der Waals surface area contributed by atoms with E-state index in [0.717, 1.165) is 31.2 Å². The monoisotopic (exact) mass is 413 g/mol. The molecule has 0 bridgehead atoms. The van der Waals surface area contributed by atoms with Gasteiger partial charge in [-0.05, 0) is 46.5 Å². The number of nitrogens with one attached hydrogen (secondary N) is 1. The number of rotatable bonds is 4. The van der Waals surface area contributed by atoms with E-state index in [0.29, 0.717) is 4.47 Å². The summed E-state index contributed by atoms with van der Waals surface area (Å²) in [5, 5.41) is 12.4. The van der Waals surface area contributed by atoms with Crippen LogP contribution in [-0.2, 0) is 10.3 Å². The first kappa shape index (κ1) is 18.3. The van der Waals surface area contributed by atoms with Crippen LogP contribution >= 0.6 is 15.9 Å². The van der Waals surface area contributed by atoms with Gasteiger partial charge in [-0.25, -0.2) is 4.39 Å². The number of pyridine rings is 1. The highest BCUT2D eigenvalue weighted by Crippen LogP contribution is 2.38. The molecule has 0 aliphatic heterocycles. The summed E-state index contributed by atoms with van der Waals surface area (Å²) >= 11 is 3.13. The van der Waals surface area contributed by atoms with Crippen LogP contribution in [0.15, 0.2) is 52.6 Å². The van der Waals surface area contributed by atoms with Crippen molar-refractivity contribution in [1.82, 2.24) is 10.3 Å². The van der Waals surface area contributed by atoms with Gasteiger partial charge in [0.25, 0.3) is 5.91 Å². The summed E-state index contributed by atoms with van der Waals surface area (Å²) < 4.78 is 14.5. The van der Waals surface area contributed by atoms with Gasteiger partial charge in [0, 0.05) is 10.7 Å². The molecule has 132 valence electrons. The molecule has 1 aliphatic rings. The van der Waals surface area contributed by atoms with Crippen molar-refractivity contribution < 1.29 is 9.18 Å². The molecule has 1 fully saturated rings. The number of hydrogen-bond acceptors (Lipinski definition) is 3. The molecule has 26 heavy (non-hydrogen) atoms. The van der Waals surface area contributed by atoms with Crippen LogP contribution in [0.3, 0.4) is 0 Å². The van der Waals surface area contributed by atoms with Gasteiger partial charge < -0.3 is 5.32 Å². The summed E-state index contributed by atoms with van der Waals surface area (Å²) in [5.41, 5.74) is 0.331. The lowest BCUT2D eigenvalue weighted by Gasteiger charge is -2.31. The van der Waals surface area contributed by atoms with Crippen LogP contribution in [0.25, 0.3) is 6.08 Å². The summed E-state index contributed by atoms with van der Waals surface area (Å²) in [5.74, 6) is -1.11. The van der Waals surface area contributed by atoms with Crippen molar-refractivity contribution in [2.45, 2.75) is 31.2 Å². The van der Waals surface area contributed by atoms with E-state index < -0.39 is 17.3 Å². The van der Waals surface area contributed by atoms with E-state index in [4.69, 9.17) is 0 Å². The smallest absolute Gasteiger partial charge is 0.262 e. The average molecular weight is 414 g/mol. The lowest BCUT2D eigenvalue weighted by Crippen LogP contribution is -2.44. The van der Waals surface area contributed by atoms with Gasteiger partial charge in [-0.2, -0.15) is 5.26 Å². The highest BCUT2D eigenvalue weighted by Gasteiger charge is 2.37. The minimum absolute atomic E-state index is 0.0416. The van der Waals surface area contributed by atoms with E-state index >= 15 is 0 Å². The van der Waals surface area contributed by atoms with Crippen LogP contribution in [0.4, 0.5) is 4.39 Å². The molecule has 1 N–H and O–H groups in total. The van der Waals surface area contributed by atoms with E-state index in [2.05, 4.69) is 26.2 Å². The molecular formula is C20H17BrFN3O. The summed E-state index contributed by atoms with van der Waals surface area (Å²) in [6.07, 6.45) is 6.24. The van der Waals surface area contributed by atoms with Crippen molar-refractivity contribution in [2.24, 2.45) is 0 Å². The van der Waals surface area contributed by atoms with Gasteiger partial charge in [-0.1, -0.05) is 43.2 Å². The predicted octanol–water partition coefficient (Wildman–Crippen LogP) is 4.48. The standard InChI is InChI=1S/C20H17BrFN3O/c21-16-11-17(22)18(24-13-16)10-14(12-23)19(26)25-20(8-4-5-9-20)15-6-2-1-3-7-15/h1-3,6-7,10-11,13H,4-5,8-9H2,(H,25,26)/b14-10+. The Balaban J connectivity index is 1.89. The lowest BCUT2D eigenvalue weighted by molar-refractivity contribution is -0.119. The molecule has 4 nitrogen and oxygen atoms in total. The number of halogens is 2. The first-order chi connectivity index (χ1) is 12.5. The lowest BCUT2D eigenvalue weighted by atomic mass is 9.88. The Morgan fingerprint density at radius 2 is 2.00 bits per heavy atom. The first-order valence-corrected chi connectivity index (χ1v) is 9.14. The van der Waals surface area contributed by atoms with E-state index in [1.54, 1.807) is 0 Å². The maximum absolute atomic E-state index is 14.0. The molecule has 1 amide bonds. The Labute approximate surface area is 159 Å². The molecule has 0 atom stereocenters. The molecule has 1 saturated carbocycles. The molecule has 1 heterocycles. The molecule has 1 aromatic heterocycles. The van der Waals surface area contributed by atoms with Crippen LogP contribution in [-0.4, -0.2) is 10.9 Å². The van der Waals surface area contributed by atoms with Crippen molar-refractivity contribution in [2.75, 3.05) is 0 Å². The third-order valence-corrected chi connectivity index (χ3v) is 5.05. The SMILES string of the molecule is N#C/C(=C\c1ncc(Br)cc1F)C(=O)NC1(c2ccccc2)CCCC1. The van der Waals surface area contributed by atoms with E-state index in [1.807, 2.05) is 36.4 Å². The molecule has 6 heteroatoms. The van der Waals surface area contributed by atoms with Crippen LogP contribution in [0.2, 0.25) is 0 Å². The molecule has 0 spiro atoms.